The summed E-state index contributed by atoms with van der Waals surface area (Å²) in [6, 6.07) is 0. The Labute approximate surface area is 66.2 Å². The minimum absolute atomic E-state index is 0.635. The van der Waals surface area contributed by atoms with Crippen molar-refractivity contribution in [1.29, 1.82) is 0 Å². The van der Waals surface area contributed by atoms with E-state index in [1.165, 1.54) is 0 Å². The van der Waals surface area contributed by atoms with Gasteiger partial charge in [0.05, 0.1) is 6.33 Å². The van der Waals surface area contributed by atoms with Gasteiger partial charge in [-0.3, -0.25) is 4.79 Å². The van der Waals surface area contributed by atoms with Crippen molar-refractivity contribution in [3.63, 3.8) is 0 Å². The molecule has 0 aliphatic heterocycles. The van der Waals surface area contributed by atoms with E-state index in [4.69, 9.17) is 0 Å². The summed E-state index contributed by atoms with van der Waals surface area (Å²) in [6.07, 6.45) is 2.42. The van der Waals surface area contributed by atoms with Crippen LogP contribution in [0.25, 0.3) is 0 Å². The number of halogens is 1. The Morgan fingerprint density at radius 3 is 2.78 bits per heavy atom. The number of hydrogen-bond acceptors (Lipinski definition) is 2. The highest BCUT2D eigenvalue weighted by molar-refractivity contribution is 14.1. The van der Waals surface area contributed by atoms with Crippen LogP contribution in [0.2, 0.25) is 0 Å². The van der Waals surface area contributed by atoms with E-state index in [9.17, 15) is 4.79 Å². The van der Waals surface area contributed by atoms with Crippen molar-refractivity contribution in [2.75, 3.05) is 0 Å². The smallest absolute Gasteiger partial charge is 0.169 e. The van der Waals surface area contributed by atoms with Crippen molar-refractivity contribution in [2.24, 2.45) is 7.05 Å². The highest BCUT2D eigenvalue weighted by Gasteiger charge is 2.01. The normalized spacial score (nSPS) is 9.56. The zero-order chi connectivity index (χ0) is 6.85. The fraction of sp³-hybridized carbons (Fsp3) is 0.200. The number of rotatable bonds is 1. The lowest BCUT2D eigenvalue weighted by atomic mass is 10.5. The van der Waals surface area contributed by atoms with Gasteiger partial charge in [-0.1, -0.05) is 0 Å². The fourth-order valence-corrected chi connectivity index (χ4v) is 1.18. The molecule has 1 heterocycles. The maximum absolute atomic E-state index is 10.2. The van der Waals surface area contributed by atoms with Crippen molar-refractivity contribution < 1.29 is 4.79 Å². The van der Waals surface area contributed by atoms with Crippen LogP contribution in [0.4, 0.5) is 0 Å². The molecule has 3 nitrogen and oxygen atoms in total. The lowest BCUT2D eigenvalue weighted by Crippen LogP contribution is -1.93. The molecular formula is C5H5IN2O. The van der Waals surface area contributed by atoms with E-state index in [-0.39, 0.29) is 0 Å². The molecule has 0 spiro atoms. The standard InChI is InChI=1S/C5H5IN2O/c1-8-3-7-5(6)4(8)2-9/h2-3H,1H3. The highest BCUT2D eigenvalue weighted by Crippen LogP contribution is 2.04. The van der Waals surface area contributed by atoms with E-state index in [0.29, 0.717) is 5.69 Å². The van der Waals surface area contributed by atoms with E-state index in [0.717, 1.165) is 9.99 Å². The first kappa shape index (κ1) is 6.73. The van der Waals surface area contributed by atoms with Crippen LogP contribution in [-0.4, -0.2) is 15.8 Å². The largest absolute Gasteiger partial charge is 0.331 e. The van der Waals surface area contributed by atoms with Gasteiger partial charge >= 0.3 is 0 Å². The number of aromatic nitrogens is 2. The van der Waals surface area contributed by atoms with Crippen molar-refractivity contribution in [2.45, 2.75) is 0 Å². The number of hydrogen-bond donors (Lipinski definition) is 0. The Hall–Kier alpha value is -0.390. The van der Waals surface area contributed by atoms with Gasteiger partial charge in [-0.2, -0.15) is 0 Å². The molecule has 0 bridgehead atoms. The molecule has 0 aromatic carbocycles. The summed E-state index contributed by atoms with van der Waals surface area (Å²) in [5.41, 5.74) is 0.635. The zero-order valence-corrected chi connectivity index (χ0v) is 6.99. The van der Waals surface area contributed by atoms with E-state index in [1.54, 1.807) is 17.9 Å². The molecule has 0 radical (unpaired) electrons. The van der Waals surface area contributed by atoms with E-state index in [2.05, 4.69) is 4.98 Å². The van der Waals surface area contributed by atoms with Crippen LogP contribution in [0.3, 0.4) is 0 Å². The third kappa shape index (κ3) is 1.12. The Kier molecular flexibility index (Phi) is 1.84. The minimum atomic E-state index is 0.635. The summed E-state index contributed by atoms with van der Waals surface area (Å²) in [7, 11) is 1.79. The number of aldehydes is 1. The van der Waals surface area contributed by atoms with Crippen LogP contribution in [-0.2, 0) is 7.05 Å². The lowest BCUT2D eigenvalue weighted by Gasteiger charge is -1.88. The number of nitrogens with zero attached hydrogens (tertiary/aromatic N) is 2. The van der Waals surface area contributed by atoms with E-state index < -0.39 is 0 Å². The summed E-state index contributed by atoms with van der Waals surface area (Å²) in [6.45, 7) is 0. The van der Waals surface area contributed by atoms with Gasteiger partial charge in [-0.25, -0.2) is 4.98 Å². The summed E-state index contributed by atoms with van der Waals surface area (Å²) in [5, 5.41) is 0. The molecule has 0 fully saturated rings. The minimum Gasteiger partial charge on any atom is -0.331 e. The van der Waals surface area contributed by atoms with Gasteiger partial charge < -0.3 is 4.57 Å². The maximum atomic E-state index is 10.2. The first-order valence-electron chi connectivity index (χ1n) is 2.37. The van der Waals surface area contributed by atoms with E-state index in [1.807, 2.05) is 22.6 Å². The molecule has 48 valence electrons. The molecule has 0 aliphatic rings. The molecule has 0 aliphatic carbocycles. The Balaban J connectivity index is 3.22. The van der Waals surface area contributed by atoms with Gasteiger partial charge in [0.25, 0.3) is 0 Å². The predicted molar refractivity (Wildman–Crippen MR) is 41.3 cm³/mol. The zero-order valence-electron chi connectivity index (χ0n) is 4.84. The van der Waals surface area contributed by atoms with Gasteiger partial charge in [-0.05, 0) is 22.6 Å². The highest BCUT2D eigenvalue weighted by atomic mass is 127. The number of imidazole rings is 1. The van der Waals surface area contributed by atoms with Crippen molar-refractivity contribution in [3.05, 3.63) is 15.7 Å². The average molecular weight is 236 g/mol. The average Bonchev–Trinajstić information content (AvgIpc) is 2.12. The summed E-state index contributed by atoms with van der Waals surface area (Å²) < 4.78 is 2.44. The van der Waals surface area contributed by atoms with E-state index >= 15 is 0 Å². The fourth-order valence-electron chi connectivity index (χ4n) is 0.543. The molecule has 4 heteroatoms. The van der Waals surface area contributed by atoms with Crippen LogP contribution in [0, 0.1) is 3.70 Å². The van der Waals surface area contributed by atoms with Crippen LogP contribution in [0.15, 0.2) is 6.33 Å². The Morgan fingerprint density at radius 2 is 2.56 bits per heavy atom. The van der Waals surface area contributed by atoms with Gasteiger partial charge in [-0.15, -0.1) is 0 Å². The second kappa shape index (κ2) is 2.47. The molecule has 1 rings (SSSR count). The molecule has 0 unspecified atom stereocenters. The lowest BCUT2D eigenvalue weighted by molar-refractivity contribution is 0.111. The second-order valence-corrected chi connectivity index (χ2v) is 2.67. The Morgan fingerprint density at radius 1 is 1.89 bits per heavy atom. The molecule has 1 aromatic rings. The molecule has 0 saturated carbocycles. The van der Waals surface area contributed by atoms with Crippen molar-refractivity contribution >= 4 is 28.9 Å². The van der Waals surface area contributed by atoms with Gasteiger partial charge in [0.2, 0.25) is 0 Å². The summed E-state index contributed by atoms with van der Waals surface area (Å²) in [4.78, 5) is 14.1. The van der Waals surface area contributed by atoms with Crippen LogP contribution in [0.5, 0.6) is 0 Å². The number of carbonyl (C=O) groups excluding carboxylic acids is 1. The quantitative estimate of drug-likeness (QED) is 0.534. The number of aryl methyl sites for hydroxylation is 1. The maximum Gasteiger partial charge on any atom is 0.169 e. The molecular weight excluding hydrogens is 231 g/mol. The van der Waals surface area contributed by atoms with Gasteiger partial charge in [0, 0.05) is 7.05 Å². The molecule has 0 saturated heterocycles. The Bertz CT molecular complexity index is 211. The first-order valence-corrected chi connectivity index (χ1v) is 3.45. The third-order valence-electron chi connectivity index (χ3n) is 1.05. The number of carbonyl (C=O) groups is 1. The molecule has 9 heavy (non-hydrogen) atoms. The van der Waals surface area contributed by atoms with Crippen molar-refractivity contribution in [1.82, 2.24) is 9.55 Å². The molecule has 0 atom stereocenters. The monoisotopic (exact) mass is 236 g/mol. The molecule has 1 aromatic heterocycles. The topological polar surface area (TPSA) is 34.9 Å². The predicted octanol–water partition coefficient (Wildman–Crippen LogP) is 0.837. The molecule has 0 amide bonds. The van der Waals surface area contributed by atoms with Gasteiger partial charge in [0.15, 0.2) is 6.29 Å². The summed E-state index contributed by atoms with van der Waals surface area (Å²) >= 11 is 2.02. The first-order chi connectivity index (χ1) is 4.25. The summed E-state index contributed by atoms with van der Waals surface area (Å²) in [5.74, 6) is 0. The van der Waals surface area contributed by atoms with Crippen LogP contribution < -0.4 is 0 Å². The van der Waals surface area contributed by atoms with Crippen LogP contribution in [0.1, 0.15) is 10.5 Å². The third-order valence-corrected chi connectivity index (χ3v) is 1.88. The SMILES string of the molecule is Cn1cnc(I)c1C=O. The van der Waals surface area contributed by atoms with Gasteiger partial charge in [0.1, 0.15) is 9.39 Å². The van der Waals surface area contributed by atoms with Crippen LogP contribution >= 0.6 is 22.6 Å². The molecule has 0 N–H and O–H groups in total. The second-order valence-electron chi connectivity index (χ2n) is 1.65. The van der Waals surface area contributed by atoms with Crippen molar-refractivity contribution in [3.8, 4) is 0 Å².